The molecule has 0 bridgehead atoms. The van der Waals surface area contributed by atoms with Crippen molar-refractivity contribution in [1.29, 1.82) is 0 Å². The number of para-hydroxylation sites is 1. The number of nitrogens with one attached hydrogen (secondary N) is 1. The number of thiazole rings is 1. The van der Waals surface area contributed by atoms with Crippen LogP contribution < -0.4 is 5.69 Å². The molecule has 1 N–H and O–H groups in total. The van der Waals surface area contributed by atoms with Gasteiger partial charge in [0.05, 0.1) is 23.3 Å². The van der Waals surface area contributed by atoms with Crippen LogP contribution >= 0.6 is 11.3 Å². The highest BCUT2D eigenvalue weighted by atomic mass is 32.1. The molecule has 1 aromatic carbocycles. The fourth-order valence-corrected chi connectivity index (χ4v) is 3.63. The van der Waals surface area contributed by atoms with E-state index in [0.29, 0.717) is 12.6 Å². The van der Waals surface area contributed by atoms with Gasteiger partial charge in [-0.3, -0.25) is 9.88 Å². The van der Waals surface area contributed by atoms with Gasteiger partial charge >= 0.3 is 5.69 Å². The lowest BCUT2D eigenvalue weighted by atomic mass is 10.3. The van der Waals surface area contributed by atoms with E-state index >= 15 is 0 Å². The highest BCUT2D eigenvalue weighted by Gasteiger charge is 2.30. The molecule has 0 atom stereocenters. The maximum atomic E-state index is 11.5. The monoisotopic (exact) mass is 315 g/mol. The molecular weight excluding hydrogens is 298 g/mol. The molecule has 0 saturated heterocycles. The number of benzene rings is 1. The quantitative estimate of drug-likeness (QED) is 0.781. The minimum Gasteiger partial charge on any atom is -0.292 e. The molecule has 7 heteroatoms. The highest BCUT2D eigenvalue weighted by molar-refractivity contribution is 7.18. The van der Waals surface area contributed by atoms with Gasteiger partial charge in [-0.1, -0.05) is 12.1 Å². The Bertz CT molecular complexity index is 827. The van der Waals surface area contributed by atoms with Crippen molar-refractivity contribution in [3.05, 3.63) is 45.6 Å². The first kappa shape index (κ1) is 13.7. The molecule has 1 fully saturated rings. The standard InChI is InChI=1S/C15H17N5OS/c1-19-15(21)17-13(18-19)8-20(10-6-7-10)9-14-16-11-4-2-3-5-12(11)22-14/h2-5,10H,6-9H2,1H3,(H,17,18,21). The zero-order chi connectivity index (χ0) is 15.1. The molecule has 0 amide bonds. The zero-order valence-corrected chi connectivity index (χ0v) is 13.1. The van der Waals surface area contributed by atoms with E-state index < -0.39 is 0 Å². The number of rotatable bonds is 5. The van der Waals surface area contributed by atoms with Gasteiger partial charge in [0.15, 0.2) is 0 Å². The third-order valence-electron chi connectivity index (χ3n) is 3.91. The highest BCUT2D eigenvalue weighted by Crippen LogP contribution is 2.31. The summed E-state index contributed by atoms with van der Waals surface area (Å²) in [6.45, 7) is 1.47. The van der Waals surface area contributed by atoms with Crippen molar-refractivity contribution in [2.24, 2.45) is 7.05 Å². The molecule has 6 nitrogen and oxygen atoms in total. The van der Waals surface area contributed by atoms with E-state index in [1.807, 2.05) is 18.2 Å². The fourth-order valence-electron chi connectivity index (χ4n) is 2.63. The van der Waals surface area contributed by atoms with Crippen molar-refractivity contribution >= 4 is 21.6 Å². The molecule has 2 heterocycles. The van der Waals surface area contributed by atoms with Crippen LogP contribution in [0.3, 0.4) is 0 Å². The molecule has 0 unspecified atom stereocenters. The number of hydrogen-bond acceptors (Lipinski definition) is 5. The van der Waals surface area contributed by atoms with E-state index in [1.54, 1.807) is 18.4 Å². The summed E-state index contributed by atoms with van der Waals surface area (Å²) in [4.78, 5) is 21.4. The predicted molar refractivity (Wildman–Crippen MR) is 85.7 cm³/mol. The lowest BCUT2D eigenvalue weighted by Crippen LogP contribution is -2.25. The van der Waals surface area contributed by atoms with Gasteiger partial charge in [-0.15, -0.1) is 11.3 Å². The minimum absolute atomic E-state index is 0.161. The van der Waals surface area contributed by atoms with Crippen LogP contribution in [-0.4, -0.2) is 30.7 Å². The molecule has 0 radical (unpaired) electrons. The van der Waals surface area contributed by atoms with Gasteiger partial charge in [-0.2, -0.15) is 5.10 Å². The number of aromatic nitrogens is 4. The number of aromatic amines is 1. The summed E-state index contributed by atoms with van der Waals surface area (Å²) in [6, 6.07) is 8.80. The molecule has 22 heavy (non-hydrogen) atoms. The summed E-state index contributed by atoms with van der Waals surface area (Å²) >= 11 is 1.74. The van der Waals surface area contributed by atoms with Crippen LogP contribution in [0.2, 0.25) is 0 Å². The summed E-state index contributed by atoms with van der Waals surface area (Å²) in [5, 5.41) is 5.35. The molecule has 114 valence electrons. The van der Waals surface area contributed by atoms with E-state index in [4.69, 9.17) is 4.98 Å². The Morgan fingerprint density at radius 1 is 1.36 bits per heavy atom. The van der Waals surface area contributed by atoms with Gasteiger partial charge in [-0.25, -0.2) is 14.5 Å². The van der Waals surface area contributed by atoms with Crippen LogP contribution in [0.1, 0.15) is 23.7 Å². The zero-order valence-electron chi connectivity index (χ0n) is 12.3. The third kappa shape index (κ3) is 2.69. The summed E-state index contributed by atoms with van der Waals surface area (Å²) < 4.78 is 2.57. The Morgan fingerprint density at radius 2 is 2.18 bits per heavy atom. The molecule has 4 rings (SSSR count). The average molecular weight is 315 g/mol. The summed E-state index contributed by atoms with van der Waals surface area (Å²) in [6.07, 6.45) is 2.42. The van der Waals surface area contributed by atoms with Crippen molar-refractivity contribution in [3.8, 4) is 0 Å². The molecule has 0 aliphatic heterocycles. The smallest absolute Gasteiger partial charge is 0.292 e. The van der Waals surface area contributed by atoms with E-state index in [9.17, 15) is 4.79 Å². The third-order valence-corrected chi connectivity index (χ3v) is 4.93. The van der Waals surface area contributed by atoms with Crippen LogP contribution in [0.5, 0.6) is 0 Å². The number of fused-ring (bicyclic) bond motifs is 1. The first-order valence-electron chi connectivity index (χ1n) is 7.40. The summed E-state index contributed by atoms with van der Waals surface area (Å²) in [5.74, 6) is 0.723. The van der Waals surface area contributed by atoms with Gasteiger partial charge < -0.3 is 0 Å². The minimum atomic E-state index is -0.161. The van der Waals surface area contributed by atoms with Crippen molar-refractivity contribution in [3.63, 3.8) is 0 Å². The topological polar surface area (TPSA) is 66.8 Å². The first-order chi connectivity index (χ1) is 10.7. The number of H-pyrrole nitrogens is 1. The Morgan fingerprint density at radius 3 is 2.86 bits per heavy atom. The first-order valence-corrected chi connectivity index (χ1v) is 8.21. The number of hydrogen-bond donors (Lipinski definition) is 1. The van der Waals surface area contributed by atoms with Gasteiger partial charge in [0, 0.05) is 13.1 Å². The Hall–Kier alpha value is -1.99. The van der Waals surface area contributed by atoms with Crippen LogP contribution in [0, 0.1) is 0 Å². The van der Waals surface area contributed by atoms with Gasteiger partial charge in [-0.05, 0) is 25.0 Å². The Labute approximate surface area is 131 Å². The van der Waals surface area contributed by atoms with Crippen molar-refractivity contribution in [2.75, 3.05) is 0 Å². The lowest BCUT2D eigenvalue weighted by Gasteiger charge is -2.18. The van der Waals surface area contributed by atoms with Gasteiger partial charge in [0.25, 0.3) is 0 Å². The second-order valence-electron chi connectivity index (χ2n) is 5.71. The van der Waals surface area contributed by atoms with Crippen LogP contribution in [-0.2, 0) is 20.1 Å². The van der Waals surface area contributed by atoms with Crippen LogP contribution in [0.25, 0.3) is 10.2 Å². The summed E-state index contributed by atoms with van der Waals surface area (Å²) in [7, 11) is 1.66. The Kier molecular flexibility index (Phi) is 3.31. The molecular formula is C15H17N5OS. The Balaban J connectivity index is 1.55. The largest absolute Gasteiger partial charge is 0.343 e. The molecule has 2 aromatic heterocycles. The van der Waals surface area contributed by atoms with Crippen molar-refractivity contribution in [1.82, 2.24) is 24.6 Å². The summed E-state index contributed by atoms with van der Waals surface area (Å²) in [5.41, 5.74) is 0.898. The average Bonchev–Trinajstić information content (AvgIpc) is 3.19. The van der Waals surface area contributed by atoms with Crippen LogP contribution in [0.15, 0.2) is 29.1 Å². The number of aryl methyl sites for hydroxylation is 1. The van der Waals surface area contributed by atoms with Gasteiger partial charge in [0.2, 0.25) is 0 Å². The van der Waals surface area contributed by atoms with E-state index in [-0.39, 0.29) is 5.69 Å². The molecule has 1 aliphatic carbocycles. The fraction of sp³-hybridized carbons (Fsp3) is 0.400. The maximum Gasteiger partial charge on any atom is 0.343 e. The SMILES string of the molecule is Cn1nc(CN(Cc2nc3ccccc3s2)C2CC2)[nH]c1=O. The molecule has 3 aromatic rings. The second-order valence-corrected chi connectivity index (χ2v) is 6.83. The molecule has 1 saturated carbocycles. The van der Waals surface area contributed by atoms with Gasteiger partial charge in [0.1, 0.15) is 10.8 Å². The van der Waals surface area contributed by atoms with E-state index in [0.717, 1.165) is 22.9 Å². The van der Waals surface area contributed by atoms with E-state index in [2.05, 4.69) is 21.0 Å². The van der Waals surface area contributed by atoms with E-state index in [1.165, 1.54) is 22.2 Å². The molecule has 0 spiro atoms. The van der Waals surface area contributed by atoms with Crippen molar-refractivity contribution < 1.29 is 0 Å². The van der Waals surface area contributed by atoms with Crippen LogP contribution in [0.4, 0.5) is 0 Å². The van der Waals surface area contributed by atoms with Crippen molar-refractivity contribution in [2.45, 2.75) is 32.0 Å². The normalized spacial score (nSPS) is 15.0. The second kappa shape index (κ2) is 5.33. The number of nitrogens with zero attached hydrogens (tertiary/aromatic N) is 4. The maximum absolute atomic E-state index is 11.5. The predicted octanol–water partition coefficient (Wildman–Crippen LogP) is 1.88. The lowest BCUT2D eigenvalue weighted by molar-refractivity contribution is 0.239. The molecule has 1 aliphatic rings.